The van der Waals surface area contributed by atoms with Gasteiger partial charge in [-0.15, -0.1) is 0 Å². The molecule has 0 aromatic carbocycles. The Bertz CT molecular complexity index is 417. The second-order valence-electron chi connectivity index (χ2n) is 6.18. The Kier molecular flexibility index (Phi) is 3.89. The predicted octanol–water partition coefficient (Wildman–Crippen LogP) is 1.59. The molecular formula is C15H25N3O. The van der Waals surface area contributed by atoms with Crippen molar-refractivity contribution in [2.75, 3.05) is 13.1 Å². The summed E-state index contributed by atoms with van der Waals surface area (Å²) in [6.07, 6.45) is 11.1. The molecule has 3 unspecified atom stereocenters. The molecule has 0 bridgehead atoms. The zero-order chi connectivity index (χ0) is 13.2. The molecule has 3 atom stereocenters. The zero-order valence-corrected chi connectivity index (χ0v) is 11.8. The van der Waals surface area contributed by atoms with Crippen LogP contribution in [0.1, 0.15) is 37.7 Å². The number of aliphatic hydroxyl groups excluding tert-OH is 1. The Hall–Kier alpha value is -0.870. The summed E-state index contributed by atoms with van der Waals surface area (Å²) in [7, 11) is 1.97. The Morgan fingerprint density at radius 1 is 1.32 bits per heavy atom. The van der Waals surface area contributed by atoms with Gasteiger partial charge in [0.15, 0.2) is 0 Å². The van der Waals surface area contributed by atoms with Gasteiger partial charge in [0.2, 0.25) is 0 Å². The maximum absolute atomic E-state index is 10.1. The summed E-state index contributed by atoms with van der Waals surface area (Å²) in [6, 6.07) is 0.620. The van der Waals surface area contributed by atoms with Crippen molar-refractivity contribution in [2.45, 2.75) is 50.7 Å². The van der Waals surface area contributed by atoms with E-state index in [2.05, 4.69) is 16.2 Å². The van der Waals surface area contributed by atoms with Crippen LogP contribution in [0.2, 0.25) is 0 Å². The molecule has 19 heavy (non-hydrogen) atoms. The van der Waals surface area contributed by atoms with Crippen molar-refractivity contribution in [1.82, 2.24) is 14.7 Å². The summed E-state index contributed by atoms with van der Waals surface area (Å²) in [5, 5.41) is 14.3. The number of nitrogens with zero attached hydrogens (tertiary/aromatic N) is 3. The van der Waals surface area contributed by atoms with E-state index in [-0.39, 0.29) is 6.10 Å². The second kappa shape index (κ2) is 5.63. The van der Waals surface area contributed by atoms with E-state index < -0.39 is 0 Å². The minimum absolute atomic E-state index is 0.0519. The number of hydrogen-bond acceptors (Lipinski definition) is 3. The van der Waals surface area contributed by atoms with Gasteiger partial charge in [0.25, 0.3) is 0 Å². The third-order valence-corrected chi connectivity index (χ3v) is 4.89. The molecule has 1 aromatic heterocycles. The van der Waals surface area contributed by atoms with Crippen LogP contribution in [0.25, 0.3) is 0 Å². The van der Waals surface area contributed by atoms with Crippen LogP contribution in [0.3, 0.4) is 0 Å². The van der Waals surface area contributed by atoms with E-state index in [1.54, 1.807) is 0 Å². The van der Waals surface area contributed by atoms with Gasteiger partial charge in [0.05, 0.1) is 12.3 Å². The van der Waals surface area contributed by atoms with Gasteiger partial charge >= 0.3 is 0 Å². The number of aromatic nitrogens is 2. The summed E-state index contributed by atoms with van der Waals surface area (Å²) in [5.74, 6) is 0.524. The third-order valence-electron chi connectivity index (χ3n) is 4.89. The highest BCUT2D eigenvalue weighted by Crippen LogP contribution is 2.35. The van der Waals surface area contributed by atoms with Crippen molar-refractivity contribution < 1.29 is 5.11 Å². The van der Waals surface area contributed by atoms with Gasteiger partial charge in [-0.25, -0.2) is 0 Å². The van der Waals surface area contributed by atoms with Gasteiger partial charge in [0.1, 0.15) is 0 Å². The normalized spacial score (nSPS) is 32.2. The van der Waals surface area contributed by atoms with Crippen LogP contribution in [0.15, 0.2) is 12.4 Å². The SMILES string of the molecule is Cn1cc(CCN2CCCC2C2CCCC2O)cn1. The number of rotatable bonds is 4. The number of likely N-dealkylation sites (tertiary alicyclic amines) is 1. The van der Waals surface area contributed by atoms with E-state index in [0.29, 0.717) is 12.0 Å². The van der Waals surface area contributed by atoms with E-state index in [1.165, 1.54) is 37.8 Å². The summed E-state index contributed by atoms with van der Waals surface area (Å²) in [5.41, 5.74) is 1.32. The second-order valence-corrected chi connectivity index (χ2v) is 6.18. The average Bonchev–Trinajstić information content (AvgIpc) is 3.07. The average molecular weight is 263 g/mol. The molecule has 106 valence electrons. The van der Waals surface area contributed by atoms with E-state index in [1.807, 2.05) is 17.9 Å². The molecular weight excluding hydrogens is 238 g/mol. The maximum atomic E-state index is 10.1. The largest absolute Gasteiger partial charge is 0.393 e. The Morgan fingerprint density at radius 3 is 2.89 bits per heavy atom. The quantitative estimate of drug-likeness (QED) is 0.897. The lowest BCUT2D eigenvalue weighted by Gasteiger charge is -2.31. The van der Waals surface area contributed by atoms with Crippen LogP contribution in [0.4, 0.5) is 0 Å². The molecule has 0 amide bonds. The van der Waals surface area contributed by atoms with E-state index >= 15 is 0 Å². The van der Waals surface area contributed by atoms with Crippen molar-refractivity contribution in [3.63, 3.8) is 0 Å². The monoisotopic (exact) mass is 263 g/mol. The maximum Gasteiger partial charge on any atom is 0.0583 e. The van der Waals surface area contributed by atoms with Gasteiger partial charge in [-0.2, -0.15) is 5.10 Å². The van der Waals surface area contributed by atoms with E-state index in [9.17, 15) is 5.11 Å². The summed E-state index contributed by atoms with van der Waals surface area (Å²) >= 11 is 0. The van der Waals surface area contributed by atoms with Gasteiger partial charge in [-0.1, -0.05) is 6.42 Å². The third kappa shape index (κ3) is 2.84. The molecule has 0 spiro atoms. The molecule has 1 saturated carbocycles. The number of hydrogen-bond donors (Lipinski definition) is 1. The molecule has 2 heterocycles. The molecule has 3 rings (SSSR count). The summed E-state index contributed by atoms with van der Waals surface area (Å²) < 4.78 is 1.87. The first kappa shape index (κ1) is 13.1. The number of aryl methyl sites for hydroxylation is 1. The molecule has 2 aliphatic rings. The van der Waals surface area contributed by atoms with Gasteiger partial charge < -0.3 is 5.11 Å². The van der Waals surface area contributed by atoms with Crippen molar-refractivity contribution in [3.8, 4) is 0 Å². The van der Waals surface area contributed by atoms with Crippen molar-refractivity contribution in [2.24, 2.45) is 13.0 Å². The molecule has 1 saturated heterocycles. The fraction of sp³-hybridized carbons (Fsp3) is 0.800. The smallest absolute Gasteiger partial charge is 0.0583 e. The lowest BCUT2D eigenvalue weighted by Crippen LogP contribution is -2.39. The molecule has 1 N–H and O–H groups in total. The first-order chi connectivity index (χ1) is 9.24. The summed E-state index contributed by atoms with van der Waals surface area (Å²) in [4.78, 5) is 2.60. The zero-order valence-electron chi connectivity index (χ0n) is 11.8. The lowest BCUT2D eigenvalue weighted by molar-refractivity contribution is 0.0751. The first-order valence-electron chi connectivity index (χ1n) is 7.63. The fourth-order valence-corrected chi connectivity index (χ4v) is 3.91. The molecule has 4 heteroatoms. The van der Waals surface area contributed by atoms with Crippen LogP contribution < -0.4 is 0 Å². The van der Waals surface area contributed by atoms with Crippen LogP contribution in [-0.2, 0) is 13.5 Å². The predicted molar refractivity (Wildman–Crippen MR) is 74.9 cm³/mol. The van der Waals surface area contributed by atoms with Crippen LogP contribution in [0, 0.1) is 5.92 Å². The van der Waals surface area contributed by atoms with Crippen molar-refractivity contribution in [3.05, 3.63) is 18.0 Å². The highest BCUT2D eigenvalue weighted by Gasteiger charge is 2.37. The van der Waals surface area contributed by atoms with Gasteiger partial charge in [0, 0.05) is 31.7 Å². The van der Waals surface area contributed by atoms with E-state index in [0.717, 1.165) is 19.4 Å². The lowest BCUT2D eigenvalue weighted by atomic mass is 9.94. The number of aliphatic hydroxyl groups is 1. The van der Waals surface area contributed by atoms with Crippen molar-refractivity contribution in [1.29, 1.82) is 0 Å². The van der Waals surface area contributed by atoms with Gasteiger partial charge in [-0.05, 0) is 44.2 Å². The molecule has 1 aliphatic heterocycles. The van der Waals surface area contributed by atoms with Crippen LogP contribution >= 0.6 is 0 Å². The Morgan fingerprint density at radius 2 is 2.21 bits per heavy atom. The molecule has 0 radical (unpaired) electrons. The minimum atomic E-state index is -0.0519. The van der Waals surface area contributed by atoms with Crippen LogP contribution in [-0.4, -0.2) is 45.0 Å². The van der Waals surface area contributed by atoms with Crippen molar-refractivity contribution >= 4 is 0 Å². The molecule has 4 nitrogen and oxygen atoms in total. The topological polar surface area (TPSA) is 41.3 Å². The highest BCUT2D eigenvalue weighted by molar-refractivity contribution is 5.04. The molecule has 1 aromatic rings. The molecule has 2 fully saturated rings. The fourth-order valence-electron chi connectivity index (χ4n) is 3.91. The molecule has 1 aliphatic carbocycles. The summed E-state index contributed by atoms with van der Waals surface area (Å²) in [6.45, 7) is 2.31. The standard InChI is InChI=1S/C15H25N3O/c1-17-11-12(10-16-17)7-9-18-8-3-5-14(18)13-4-2-6-15(13)19/h10-11,13-15,19H,2-9H2,1H3. The van der Waals surface area contributed by atoms with Crippen LogP contribution in [0.5, 0.6) is 0 Å². The van der Waals surface area contributed by atoms with E-state index in [4.69, 9.17) is 0 Å². The Labute approximate surface area is 115 Å². The minimum Gasteiger partial charge on any atom is -0.393 e. The Balaban J connectivity index is 1.57. The highest BCUT2D eigenvalue weighted by atomic mass is 16.3. The van der Waals surface area contributed by atoms with Gasteiger partial charge in [-0.3, -0.25) is 9.58 Å². The first-order valence-corrected chi connectivity index (χ1v) is 7.63.